The topological polar surface area (TPSA) is 264 Å². The summed E-state index contributed by atoms with van der Waals surface area (Å²) >= 11 is 0. The third-order valence-electron chi connectivity index (χ3n) is 19.9. The van der Waals surface area contributed by atoms with Crippen LogP contribution in [0, 0.1) is 50.2 Å². The molecule has 0 unspecified atom stereocenters. The molecule has 9 rings (SSSR count). The highest BCUT2D eigenvalue weighted by Gasteiger charge is 2.82. The molecule has 0 aromatic rings. The van der Waals surface area contributed by atoms with Gasteiger partial charge in [0.1, 0.15) is 72.9 Å². The second-order valence-corrected chi connectivity index (χ2v) is 23.0. The fraction of sp³-hybridized carbons (Fsp3) is 0.936. The summed E-state index contributed by atoms with van der Waals surface area (Å²) < 4.78 is 42.8. The van der Waals surface area contributed by atoms with Crippen LogP contribution in [0.15, 0.2) is 12.3 Å². The molecule has 1 spiro atoms. The molecule has 4 saturated heterocycles. The van der Waals surface area contributed by atoms with Crippen LogP contribution in [0.2, 0.25) is 0 Å². The van der Waals surface area contributed by atoms with Gasteiger partial charge in [-0.3, -0.25) is 0 Å². The van der Waals surface area contributed by atoms with Gasteiger partial charge < -0.3 is 83.9 Å². The Morgan fingerprint density at radius 2 is 1.36 bits per heavy atom. The highest BCUT2D eigenvalue weighted by molar-refractivity contribution is 5.59. The van der Waals surface area contributed by atoms with Crippen molar-refractivity contribution in [2.45, 2.75) is 203 Å². The minimum atomic E-state index is -1.76. The first-order valence-electron chi connectivity index (χ1n) is 23.7. The Kier molecular flexibility index (Phi) is 12.0. The maximum absolute atomic E-state index is 12.5. The number of carbonyl (C=O) groups excluding carboxylic acids is 1. The Balaban J connectivity index is 0.888. The van der Waals surface area contributed by atoms with E-state index in [0.29, 0.717) is 43.8 Å². The average molecular weight is 911 g/mol. The number of aldehydes is 1. The van der Waals surface area contributed by atoms with Gasteiger partial charge in [-0.2, -0.15) is 0 Å². The Morgan fingerprint density at radius 3 is 2.06 bits per heavy atom. The van der Waals surface area contributed by atoms with E-state index < -0.39 is 116 Å². The third-order valence-corrected chi connectivity index (χ3v) is 19.9. The zero-order chi connectivity index (χ0) is 46.3. The summed E-state index contributed by atoms with van der Waals surface area (Å²) in [5.41, 5.74) is -2.55. The molecule has 5 saturated carbocycles. The first-order chi connectivity index (χ1) is 30.0. The van der Waals surface area contributed by atoms with Gasteiger partial charge in [0.25, 0.3) is 0 Å². The number of fused-ring (bicyclic) bond motifs is 4. The van der Waals surface area contributed by atoms with Crippen LogP contribution in [-0.4, -0.2) is 170 Å². The van der Waals surface area contributed by atoms with Crippen LogP contribution >= 0.6 is 0 Å². The van der Waals surface area contributed by atoms with E-state index in [4.69, 9.17) is 33.2 Å². The zero-order valence-corrected chi connectivity index (χ0v) is 38.2. The van der Waals surface area contributed by atoms with E-state index in [1.165, 1.54) is 0 Å². The smallest absolute Gasteiger partial charge is 0.187 e. The Morgan fingerprint density at radius 1 is 0.688 bits per heavy atom. The SMILES string of the molecule is C=C1O[C@]23CC[C@@H]4[C@@]5(C)CC[C@H](O[C@@H]6OC[C@H](O[C@@H]7O[C@H](CO)[C@@H](O)[C@H](O)[C@H]7O[C@@H]7OC[C@@H](O)[C@H](O)[C@H]7O)[C@H](O)[C@H]6O)C(C)(C)[C@@H]5CC[C@@]4(C)[C@]2(C)C[C@@H](O)[C@]12CC[C@](C)(C=O)C[C@H]23. The lowest BCUT2D eigenvalue weighted by Crippen LogP contribution is -2.74. The second-order valence-electron chi connectivity index (χ2n) is 23.0. The largest absolute Gasteiger partial charge is 0.491 e. The maximum Gasteiger partial charge on any atom is 0.187 e. The minimum Gasteiger partial charge on any atom is -0.491 e. The molecule has 4 heterocycles. The minimum absolute atomic E-state index is 0.00858. The number of hydrogen-bond donors (Lipinski definition) is 9. The summed E-state index contributed by atoms with van der Waals surface area (Å²) in [6.45, 7) is 16.8. The van der Waals surface area contributed by atoms with Crippen molar-refractivity contribution in [3.63, 3.8) is 0 Å². The van der Waals surface area contributed by atoms with Crippen LogP contribution < -0.4 is 0 Å². The van der Waals surface area contributed by atoms with E-state index >= 15 is 0 Å². The molecule has 24 atom stereocenters. The van der Waals surface area contributed by atoms with Crippen molar-refractivity contribution in [1.29, 1.82) is 0 Å². The van der Waals surface area contributed by atoms with E-state index in [-0.39, 0.29) is 46.2 Å². The summed E-state index contributed by atoms with van der Waals surface area (Å²) in [5.74, 6) is 1.26. The van der Waals surface area contributed by atoms with Crippen LogP contribution in [0.25, 0.3) is 0 Å². The van der Waals surface area contributed by atoms with E-state index in [1.54, 1.807) is 0 Å². The van der Waals surface area contributed by atoms with Gasteiger partial charge in [0.2, 0.25) is 0 Å². The lowest BCUT2D eigenvalue weighted by molar-refractivity contribution is -0.378. The molecule has 17 nitrogen and oxygen atoms in total. The Labute approximate surface area is 375 Å². The predicted molar refractivity (Wildman–Crippen MR) is 222 cm³/mol. The van der Waals surface area contributed by atoms with Crippen LogP contribution in [0.3, 0.4) is 0 Å². The average Bonchev–Trinajstić information content (AvgIpc) is 3.46. The molecule has 17 heteroatoms. The third kappa shape index (κ3) is 6.53. The van der Waals surface area contributed by atoms with E-state index in [9.17, 15) is 50.8 Å². The lowest BCUT2D eigenvalue weighted by Gasteiger charge is -2.74. The normalized spacial score (nSPS) is 58.0. The van der Waals surface area contributed by atoms with Gasteiger partial charge in [0.15, 0.2) is 18.9 Å². The fourth-order valence-corrected chi connectivity index (χ4v) is 16.0. The van der Waals surface area contributed by atoms with Crippen LogP contribution in [-0.2, 0) is 38.0 Å². The van der Waals surface area contributed by atoms with E-state index in [0.717, 1.165) is 38.4 Å². The first-order valence-corrected chi connectivity index (χ1v) is 23.7. The van der Waals surface area contributed by atoms with Crippen molar-refractivity contribution in [3.8, 4) is 0 Å². The zero-order valence-electron chi connectivity index (χ0n) is 38.2. The van der Waals surface area contributed by atoms with Gasteiger partial charge in [-0.1, -0.05) is 48.1 Å². The number of aliphatic hydroxyl groups is 9. The first kappa shape index (κ1) is 47.7. The van der Waals surface area contributed by atoms with Gasteiger partial charge in [-0.15, -0.1) is 0 Å². The number of carbonyl (C=O) groups is 1. The van der Waals surface area contributed by atoms with Crippen molar-refractivity contribution in [1.82, 2.24) is 0 Å². The molecule has 0 amide bonds. The van der Waals surface area contributed by atoms with Crippen molar-refractivity contribution in [2.75, 3.05) is 19.8 Å². The molecule has 4 aliphatic heterocycles. The number of aliphatic hydroxyl groups excluding tert-OH is 9. The Bertz CT molecular complexity index is 1780. The lowest BCUT2D eigenvalue weighted by atomic mass is 9.30. The highest BCUT2D eigenvalue weighted by atomic mass is 16.8. The molecule has 0 aromatic heterocycles. The Hall–Kier alpha value is -1.39. The molecule has 0 aromatic carbocycles. The van der Waals surface area contributed by atoms with Crippen LogP contribution in [0.4, 0.5) is 0 Å². The van der Waals surface area contributed by atoms with Gasteiger partial charge >= 0.3 is 0 Å². The number of rotatable bonds is 8. The van der Waals surface area contributed by atoms with Crippen LogP contribution in [0.1, 0.15) is 106 Å². The molecule has 2 bridgehead atoms. The highest BCUT2D eigenvalue weighted by Crippen LogP contribution is 2.82. The number of ether oxygens (including phenoxy) is 7. The maximum atomic E-state index is 12.5. The molecule has 9 N–H and O–H groups in total. The summed E-state index contributed by atoms with van der Waals surface area (Å²) in [5, 5.41) is 97.4. The fourth-order valence-electron chi connectivity index (χ4n) is 16.0. The quantitative estimate of drug-likeness (QED) is 0.120. The standard InChI is InChI=1S/C47H74O17/c1-22-46-15-14-42(4,21-49)16-28(46)47(64-22)13-9-27-43(5)11-10-30(41(2,3)26(43)8-12-44(27,6)45(47,7)17-29(46)51)62-38-36(57)33(54)25(20-59-38)61-40-37(34(55)32(53)24(18-48)60-40)63-39-35(56)31(52)23(50)19-58-39/h21,23-40,48,50-57H,1,8-20H2,2-7H3/t23-,24-,25+,26+,27-,28-,29-,30+,31+,32-,33+,34+,35-,36-,37-,38+,39+,40+,42+,43+,44-,45+,46-,47+/m1/s1. The molecule has 9 fully saturated rings. The molecule has 0 radical (unpaired) electrons. The summed E-state index contributed by atoms with van der Waals surface area (Å²) in [4.78, 5) is 12.5. The van der Waals surface area contributed by atoms with Gasteiger partial charge in [-0.25, -0.2) is 0 Å². The molecule has 9 aliphatic rings. The van der Waals surface area contributed by atoms with Crippen molar-refractivity contribution >= 4 is 6.29 Å². The number of hydrogen-bond acceptors (Lipinski definition) is 17. The van der Waals surface area contributed by atoms with Crippen molar-refractivity contribution < 1.29 is 83.9 Å². The van der Waals surface area contributed by atoms with Gasteiger partial charge in [-0.05, 0) is 92.3 Å². The van der Waals surface area contributed by atoms with Crippen molar-refractivity contribution in [3.05, 3.63) is 12.3 Å². The summed E-state index contributed by atoms with van der Waals surface area (Å²) in [7, 11) is 0. The second kappa shape index (κ2) is 16.1. The molecule has 5 aliphatic carbocycles. The van der Waals surface area contributed by atoms with Crippen LogP contribution in [0.5, 0.6) is 0 Å². The van der Waals surface area contributed by atoms with Crippen molar-refractivity contribution in [2.24, 2.45) is 50.2 Å². The van der Waals surface area contributed by atoms with E-state index in [2.05, 4.69) is 48.1 Å². The predicted octanol–water partition coefficient (Wildman–Crippen LogP) is 0.796. The summed E-state index contributed by atoms with van der Waals surface area (Å²) in [6.07, 6.45) is -11.8. The molecule has 364 valence electrons. The molecule has 64 heavy (non-hydrogen) atoms. The summed E-state index contributed by atoms with van der Waals surface area (Å²) in [6, 6.07) is 0. The van der Waals surface area contributed by atoms with Gasteiger partial charge in [0, 0.05) is 16.7 Å². The van der Waals surface area contributed by atoms with Gasteiger partial charge in [0.05, 0.1) is 43.2 Å². The monoisotopic (exact) mass is 910 g/mol. The molecular weight excluding hydrogens is 836 g/mol. The molecular formula is C47H74O17. The van der Waals surface area contributed by atoms with E-state index in [1.807, 2.05) is 0 Å².